The van der Waals surface area contributed by atoms with Crippen LogP contribution in [-0.2, 0) is 20.4 Å². The van der Waals surface area contributed by atoms with Gasteiger partial charge in [0.25, 0.3) is 0 Å². The summed E-state index contributed by atoms with van der Waals surface area (Å²) in [4.78, 5) is 51.2. The van der Waals surface area contributed by atoms with Crippen molar-refractivity contribution in [3.8, 4) is 11.5 Å². The molecular formula is C34H44N3O6PS. The van der Waals surface area contributed by atoms with Crippen molar-refractivity contribution >= 4 is 31.9 Å². The summed E-state index contributed by atoms with van der Waals surface area (Å²) in [5.41, 5.74) is 5.21. The maximum atomic E-state index is 12.4. The number of carbonyl (C=O) groups is 2. The van der Waals surface area contributed by atoms with Crippen LogP contribution in [0.25, 0.3) is 0 Å². The molecule has 242 valence electrons. The maximum Gasteiger partial charge on any atom is 0.391 e. The minimum Gasteiger partial charge on any atom is -0.507 e. The average Bonchev–Trinajstić information content (AvgIpc) is 3.77. The van der Waals surface area contributed by atoms with Gasteiger partial charge >= 0.3 is 8.60 Å². The number of Topliss-reactive ketones (excluding diaryl/α,β-unsaturated/α-hetero) is 1. The van der Waals surface area contributed by atoms with Crippen molar-refractivity contribution in [3.63, 3.8) is 0 Å². The van der Waals surface area contributed by atoms with E-state index in [0.717, 1.165) is 71.3 Å². The van der Waals surface area contributed by atoms with Gasteiger partial charge in [-0.3, -0.25) is 9.59 Å². The van der Waals surface area contributed by atoms with Gasteiger partial charge in [0.05, 0.1) is 5.70 Å². The molecule has 2 aromatic rings. The second-order valence-electron chi connectivity index (χ2n) is 14.1. The quantitative estimate of drug-likeness (QED) is 0.201. The fourth-order valence-corrected chi connectivity index (χ4v) is 6.69. The van der Waals surface area contributed by atoms with Crippen LogP contribution in [-0.4, -0.2) is 80.4 Å². The molecule has 45 heavy (non-hydrogen) atoms. The second kappa shape index (κ2) is 12.3. The number of hydrogen-bond acceptors (Lipinski definition) is 10. The summed E-state index contributed by atoms with van der Waals surface area (Å²) >= 11 is 1.64. The molecule has 0 spiro atoms. The van der Waals surface area contributed by atoms with Gasteiger partial charge in [0.15, 0.2) is 0 Å². The minimum atomic E-state index is -2.47. The first-order valence-electron chi connectivity index (χ1n) is 15.3. The molecule has 0 amide bonds. The van der Waals surface area contributed by atoms with E-state index in [4.69, 9.17) is 4.52 Å². The standard InChI is InChI=1S/C22H31O4PS.C12H13N3O2/c1-13-10-18(26-27(24)25)16(21(3,4)5)12-19(13)28-15-9-14(2)20(23)17(11-15)22(6,7)8;16-9-7-8(13-1-2-13)12(17)11(15-5-6-15)10(9)14-3-4-14/h9-12,23-25H,1-8H3;7H,1-6H2. The third kappa shape index (κ3) is 7.68. The number of aromatic hydroxyl groups is 1. The number of benzene rings is 2. The monoisotopic (exact) mass is 653 g/mol. The van der Waals surface area contributed by atoms with E-state index in [1.54, 1.807) is 11.8 Å². The van der Waals surface area contributed by atoms with Crippen molar-refractivity contribution in [3.05, 3.63) is 69.7 Å². The zero-order valence-electron chi connectivity index (χ0n) is 27.4. The number of carbonyl (C=O) groups excluding carboxylic acids is 2. The van der Waals surface area contributed by atoms with Crippen molar-refractivity contribution in [2.75, 3.05) is 39.3 Å². The molecule has 3 heterocycles. The van der Waals surface area contributed by atoms with Gasteiger partial charge in [-0.1, -0.05) is 53.3 Å². The number of phenolic OH excluding ortho intramolecular Hbond substituents is 1. The SMILES string of the molecule is Cc1cc(OP(O)O)c(C(C)(C)C)cc1Sc1cc(C)c(O)c(C(C)(C)C)c1.O=C1C=C(N2CC2)C(=O)C(N2CC2)=C1N1CC1. The lowest BCUT2D eigenvalue weighted by atomic mass is 9.85. The van der Waals surface area contributed by atoms with Gasteiger partial charge in [0.1, 0.15) is 22.9 Å². The first-order valence-corrected chi connectivity index (χ1v) is 17.3. The lowest BCUT2D eigenvalue weighted by Crippen LogP contribution is -2.29. The molecule has 3 saturated heterocycles. The van der Waals surface area contributed by atoms with E-state index in [1.165, 1.54) is 6.08 Å². The smallest absolute Gasteiger partial charge is 0.391 e. The minimum absolute atomic E-state index is 0.00546. The van der Waals surface area contributed by atoms with Gasteiger partial charge in [0, 0.05) is 66.3 Å². The fraction of sp³-hybridized carbons (Fsp3) is 0.471. The molecule has 0 atom stereocenters. The molecule has 0 unspecified atom stereocenters. The van der Waals surface area contributed by atoms with Gasteiger partial charge in [-0.2, -0.15) is 0 Å². The summed E-state index contributed by atoms with van der Waals surface area (Å²) < 4.78 is 5.29. The van der Waals surface area contributed by atoms with Crippen molar-refractivity contribution < 1.29 is 29.0 Å². The normalized spacial score (nSPS) is 17.8. The number of phenols is 1. The molecule has 0 bridgehead atoms. The predicted octanol–water partition coefficient (Wildman–Crippen LogP) is 5.53. The Balaban J connectivity index is 0.000000198. The average molecular weight is 654 g/mol. The Morgan fingerprint density at radius 3 is 1.82 bits per heavy atom. The Kier molecular flexibility index (Phi) is 9.10. The van der Waals surface area contributed by atoms with Gasteiger partial charge < -0.3 is 34.1 Å². The molecular weight excluding hydrogens is 609 g/mol. The summed E-state index contributed by atoms with van der Waals surface area (Å²) in [5, 5.41) is 10.5. The Labute approximate surface area is 271 Å². The molecule has 3 N–H and O–H groups in total. The zero-order chi connectivity index (χ0) is 33.0. The highest BCUT2D eigenvalue weighted by molar-refractivity contribution is 7.99. The summed E-state index contributed by atoms with van der Waals surface area (Å²) in [5.74, 6) is 0.905. The van der Waals surface area contributed by atoms with E-state index in [-0.39, 0.29) is 22.4 Å². The molecule has 3 aliphatic heterocycles. The number of rotatable bonds is 7. The first-order chi connectivity index (χ1) is 21.0. The molecule has 11 heteroatoms. The maximum absolute atomic E-state index is 12.4. The van der Waals surface area contributed by atoms with Crippen molar-refractivity contribution in [2.45, 2.75) is 76.0 Å². The van der Waals surface area contributed by atoms with Crippen molar-refractivity contribution in [1.82, 2.24) is 14.7 Å². The molecule has 9 nitrogen and oxygen atoms in total. The molecule has 4 aliphatic rings. The van der Waals surface area contributed by atoms with Crippen molar-refractivity contribution in [1.29, 1.82) is 0 Å². The number of allylic oxidation sites excluding steroid dienone is 1. The van der Waals surface area contributed by atoms with Crippen LogP contribution < -0.4 is 4.52 Å². The van der Waals surface area contributed by atoms with Gasteiger partial charge in [-0.15, -0.1) is 0 Å². The summed E-state index contributed by atoms with van der Waals surface area (Å²) in [6.45, 7) is 21.8. The van der Waals surface area contributed by atoms with Crippen LogP contribution in [0.2, 0.25) is 0 Å². The van der Waals surface area contributed by atoms with Crippen molar-refractivity contribution in [2.24, 2.45) is 0 Å². The third-order valence-corrected chi connectivity index (χ3v) is 9.55. The lowest BCUT2D eigenvalue weighted by molar-refractivity contribution is -0.117. The van der Waals surface area contributed by atoms with E-state index in [1.807, 2.05) is 46.7 Å². The number of nitrogens with zero attached hydrogens (tertiary/aromatic N) is 3. The Morgan fingerprint density at radius 2 is 1.31 bits per heavy atom. The molecule has 0 saturated carbocycles. The largest absolute Gasteiger partial charge is 0.507 e. The Bertz CT molecular complexity index is 1590. The Morgan fingerprint density at radius 1 is 0.756 bits per heavy atom. The van der Waals surface area contributed by atoms with Gasteiger partial charge in [0.2, 0.25) is 11.6 Å². The van der Waals surface area contributed by atoms with E-state index in [0.29, 0.717) is 28.6 Å². The van der Waals surface area contributed by atoms with Crippen LogP contribution in [0.15, 0.2) is 57.2 Å². The predicted molar refractivity (Wildman–Crippen MR) is 177 cm³/mol. The van der Waals surface area contributed by atoms with Crippen LogP contribution in [0.1, 0.15) is 63.8 Å². The lowest BCUT2D eigenvalue weighted by Gasteiger charge is -2.25. The zero-order valence-corrected chi connectivity index (χ0v) is 29.1. The summed E-state index contributed by atoms with van der Waals surface area (Å²) in [7, 11) is -2.47. The van der Waals surface area contributed by atoms with E-state index >= 15 is 0 Å². The van der Waals surface area contributed by atoms with E-state index in [9.17, 15) is 24.5 Å². The highest BCUT2D eigenvalue weighted by Gasteiger charge is 2.43. The third-order valence-electron chi connectivity index (χ3n) is 8.06. The number of ketones is 2. The van der Waals surface area contributed by atoms with Crippen LogP contribution in [0, 0.1) is 13.8 Å². The van der Waals surface area contributed by atoms with E-state index < -0.39 is 8.60 Å². The molecule has 6 rings (SSSR count). The molecule has 0 aromatic heterocycles. The molecule has 2 aromatic carbocycles. The van der Waals surface area contributed by atoms with Crippen LogP contribution in [0.4, 0.5) is 0 Å². The van der Waals surface area contributed by atoms with Gasteiger partial charge in [-0.05, 0) is 60.1 Å². The molecule has 3 fully saturated rings. The summed E-state index contributed by atoms with van der Waals surface area (Å²) in [6, 6.07) is 7.97. The Hall–Kier alpha value is -3.04. The number of aryl methyl sites for hydroxylation is 2. The highest BCUT2D eigenvalue weighted by atomic mass is 32.2. The van der Waals surface area contributed by atoms with Crippen LogP contribution >= 0.6 is 20.4 Å². The number of hydrogen-bond donors (Lipinski definition) is 3. The van der Waals surface area contributed by atoms with E-state index in [2.05, 4.69) is 47.6 Å². The van der Waals surface area contributed by atoms with Crippen LogP contribution in [0.5, 0.6) is 11.5 Å². The molecule has 1 aliphatic carbocycles. The molecule has 0 radical (unpaired) electrons. The first kappa shape index (κ1) is 33.3. The second-order valence-corrected chi connectivity index (χ2v) is 15.9. The fourth-order valence-electron chi connectivity index (χ4n) is 5.30. The topological polar surface area (TPSA) is 113 Å². The van der Waals surface area contributed by atoms with Crippen LogP contribution in [0.3, 0.4) is 0 Å². The summed E-state index contributed by atoms with van der Waals surface area (Å²) in [6.07, 6.45) is 1.52. The highest BCUT2D eigenvalue weighted by Crippen LogP contribution is 2.44. The van der Waals surface area contributed by atoms with Gasteiger partial charge in [-0.25, -0.2) is 0 Å².